The van der Waals surface area contributed by atoms with Gasteiger partial charge in [0, 0.05) is 45.2 Å². The summed E-state index contributed by atoms with van der Waals surface area (Å²) < 4.78 is 59.6. The molecular weight excluding hydrogens is 452 g/mol. The molecule has 10 heteroatoms. The minimum atomic E-state index is -4.16. The molecule has 2 aromatic rings. The molecule has 0 bridgehead atoms. The highest BCUT2D eigenvalue weighted by Gasteiger charge is 2.36. The molecule has 4 rings (SSSR count). The Hall–Kier alpha value is -2.72. The Morgan fingerprint density at radius 1 is 0.970 bits per heavy atom. The molecule has 0 spiro atoms. The number of amides is 1. The molecule has 178 valence electrons. The lowest BCUT2D eigenvalue weighted by atomic mass is 9.96. The van der Waals surface area contributed by atoms with E-state index in [9.17, 15) is 22.0 Å². The first-order valence-electron chi connectivity index (χ1n) is 10.9. The summed E-state index contributed by atoms with van der Waals surface area (Å²) in [6, 6.07) is 10.2. The topological polar surface area (TPSA) is 70.2 Å². The Morgan fingerprint density at radius 3 is 2.30 bits per heavy atom. The number of rotatable bonds is 5. The average molecular weight is 480 g/mol. The molecular formula is C23H27F2N3O4S. The summed E-state index contributed by atoms with van der Waals surface area (Å²) in [5, 5.41) is 0. The van der Waals surface area contributed by atoms with Crippen LogP contribution in [0.3, 0.4) is 0 Å². The predicted molar refractivity (Wildman–Crippen MR) is 120 cm³/mol. The second-order valence-electron chi connectivity index (χ2n) is 8.24. The van der Waals surface area contributed by atoms with Crippen molar-refractivity contribution in [3.05, 3.63) is 54.1 Å². The lowest BCUT2D eigenvalue weighted by Gasteiger charge is -2.39. The van der Waals surface area contributed by atoms with Gasteiger partial charge in [0.1, 0.15) is 22.3 Å². The Labute approximate surface area is 192 Å². The standard InChI is InChI=1S/C23H27F2N3O4S/c1-32-21-5-3-2-4-20(21)26-12-14-27(15-13-26)23(29)17-8-10-28(11-9-17)33(30,31)22-16-18(24)6-7-19(22)25/h2-7,16-17H,8-15H2,1H3. The number of para-hydroxylation sites is 2. The van der Waals surface area contributed by atoms with Gasteiger partial charge in [-0.15, -0.1) is 0 Å². The Kier molecular flexibility index (Phi) is 6.85. The van der Waals surface area contributed by atoms with Crippen LogP contribution < -0.4 is 9.64 Å². The number of benzene rings is 2. The number of anilines is 1. The maximum absolute atomic E-state index is 14.0. The molecule has 0 radical (unpaired) electrons. The van der Waals surface area contributed by atoms with Gasteiger partial charge in [-0.3, -0.25) is 4.79 Å². The van der Waals surface area contributed by atoms with Crippen molar-refractivity contribution >= 4 is 21.6 Å². The van der Waals surface area contributed by atoms with Crippen LogP contribution in [0.2, 0.25) is 0 Å². The highest BCUT2D eigenvalue weighted by atomic mass is 32.2. The van der Waals surface area contributed by atoms with E-state index in [1.165, 1.54) is 0 Å². The minimum absolute atomic E-state index is 0.0173. The molecule has 0 unspecified atom stereocenters. The average Bonchev–Trinajstić information content (AvgIpc) is 2.85. The number of halogens is 2. The molecule has 2 aliphatic rings. The molecule has 0 saturated carbocycles. The summed E-state index contributed by atoms with van der Waals surface area (Å²) in [4.78, 5) is 16.4. The molecule has 2 aliphatic heterocycles. The van der Waals surface area contributed by atoms with Crippen molar-refractivity contribution in [3.8, 4) is 5.75 Å². The number of carbonyl (C=O) groups excluding carboxylic acids is 1. The zero-order valence-electron chi connectivity index (χ0n) is 18.4. The van der Waals surface area contributed by atoms with Crippen molar-refractivity contribution in [1.29, 1.82) is 0 Å². The number of ether oxygens (including phenoxy) is 1. The first kappa shape index (κ1) is 23.4. The largest absolute Gasteiger partial charge is 0.495 e. The van der Waals surface area contributed by atoms with Gasteiger partial charge >= 0.3 is 0 Å². The molecule has 33 heavy (non-hydrogen) atoms. The van der Waals surface area contributed by atoms with Crippen molar-refractivity contribution in [2.24, 2.45) is 5.92 Å². The smallest absolute Gasteiger partial charge is 0.246 e. The zero-order valence-corrected chi connectivity index (χ0v) is 19.2. The van der Waals surface area contributed by atoms with Gasteiger partial charge in [0.15, 0.2) is 0 Å². The van der Waals surface area contributed by atoms with Gasteiger partial charge in [-0.25, -0.2) is 17.2 Å². The van der Waals surface area contributed by atoms with Crippen LogP contribution in [-0.4, -0.2) is 69.9 Å². The summed E-state index contributed by atoms with van der Waals surface area (Å²) in [6.07, 6.45) is 0.698. The Morgan fingerprint density at radius 2 is 1.64 bits per heavy atom. The van der Waals surface area contributed by atoms with E-state index in [0.29, 0.717) is 45.1 Å². The molecule has 0 atom stereocenters. The number of methoxy groups -OCH3 is 1. The van der Waals surface area contributed by atoms with E-state index in [1.54, 1.807) is 7.11 Å². The van der Waals surface area contributed by atoms with Crippen LogP contribution in [-0.2, 0) is 14.8 Å². The van der Waals surface area contributed by atoms with E-state index in [4.69, 9.17) is 4.74 Å². The second kappa shape index (κ2) is 9.64. The summed E-state index contributed by atoms with van der Waals surface area (Å²) in [5.74, 6) is -1.27. The van der Waals surface area contributed by atoms with E-state index >= 15 is 0 Å². The number of sulfonamides is 1. The van der Waals surface area contributed by atoms with E-state index < -0.39 is 26.6 Å². The lowest BCUT2D eigenvalue weighted by molar-refractivity contribution is -0.137. The maximum Gasteiger partial charge on any atom is 0.246 e. The van der Waals surface area contributed by atoms with Crippen molar-refractivity contribution in [3.63, 3.8) is 0 Å². The van der Waals surface area contributed by atoms with Crippen LogP contribution in [0.15, 0.2) is 47.4 Å². The van der Waals surface area contributed by atoms with Crippen LogP contribution in [0.25, 0.3) is 0 Å². The molecule has 2 aromatic carbocycles. The maximum atomic E-state index is 14.0. The van der Waals surface area contributed by atoms with Crippen LogP contribution in [0.4, 0.5) is 14.5 Å². The monoisotopic (exact) mass is 479 g/mol. The van der Waals surface area contributed by atoms with Crippen molar-refractivity contribution in [2.45, 2.75) is 17.7 Å². The summed E-state index contributed by atoms with van der Waals surface area (Å²) in [7, 11) is -2.53. The van der Waals surface area contributed by atoms with Crippen LogP contribution >= 0.6 is 0 Å². The number of hydrogen-bond acceptors (Lipinski definition) is 5. The van der Waals surface area contributed by atoms with Gasteiger partial charge < -0.3 is 14.5 Å². The van der Waals surface area contributed by atoms with Gasteiger partial charge in [-0.2, -0.15) is 4.31 Å². The zero-order chi connectivity index (χ0) is 23.6. The highest BCUT2D eigenvalue weighted by molar-refractivity contribution is 7.89. The van der Waals surface area contributed by atoms with Gasteiger partial charge in [-0.05, 0) is 43.2 Å². The molecule has 0 aromatic heterocycles. The fraction of sp³-hybridized carbons (Fsp3) is 0.435. The van der Waals surface area contributed by atoms with Crippen molar-refractivity contribution in [1.82, 2.24) is 9.21 Å². The number of nitrogens with zero attached hydrogens (tertiary/aromatic N) is 3. The number of hydrogen-bond donors (Lipinski definition) is 0. The fourth-order valence-electron chi connectivity index (χ4n) is 4.47. The summed E-state index contributed by atoms with van der Waals surface area (Å²) in [6.45, 7) is 2.69. The Bertz CT molecular complexity index is 1110. The lowest BCUT2D eigenvalue weighted by Crippen LogP contribution is -2.52. The number of piperidine rings is 1. The van der Waals surface area contributed by atoms with E-state index in [0.717, 1.165) is 27.9 Å². The highest BCUT2D eigenvalue weighted by Crippen LogP contribution is 2.30. The van der Waals surface area contributed by atoms with E-state index in [1.807, 2.05) is 29.2 Å². The third kappa shape index (κ3) is 4.81. The molecule has 0 N–H and O–H groups in total. The number of piperazine rings is 1. The van der Waals surface area contributed by atoms with Gasteiger partial charge in [0.05, 0.1) is 12.8 Å². The second-order valence-corrected chi connectivity index (χ2v) is 10.1. The summed E-state index contributed by atoms with van der Waals surface area (Å²) >= 11 is 0. The van der Waals surface area contributed by atoms with Crippen LogP contribution in [0.5, 0.6) is 5.75 Å². The molecule has 2 heterocycles. The summed E-state index contributed by atoms with van der Waals surface area (Å²) in [5.41, 5.74) is 0.996. The first-order chi connectivity index (χ1) is 15.8. The Balaban J connectivity index is 1.34. The normalized spacial score (nSPS) is 18.4. The molecule has 0 aliphatic carbocycles. The molecule has 1 amide bonds. The van der Waals surface area contributed by atoms with Crippen molar-refractivity contribution in [2.75, 3.05) is 51.3 Å². The van der Waals surface area contributed by atoms with Crippen LogP contribution in [0, 0.1) is 17.6 Å². The molecule has 7 nitrogen and oxygen atoms in total. The number of carbonyl (C=O) groups is 1. The predicted octanol–water partition coefficient (Wildman–Crippen LogP) is 2.72. The minimum Gasteiger partial charge on any atom is -0.495 e. The van der Waals surface area contributed by atoms with Gasteiger partial charge in [-0.1, -0.05) is 12.1 Å². The van der Waals surface area contributed by atoms with Gasteiger partial charge in [0.2, 0.25) is 15.9 Å². The third-order valence-electron chi connectivity index (χ3n) is 6.33. The van der Waals surface area contributed by atoms with Gasteiger partial charge in [0.25, 0.3) is 0 Å². The molecule has 2 saturated heterocycles. The van der Waals surface area contributed by atoms with E-state index in [-0.39, 0.29) is 24.9 Å². The SMILES string of the molecule is COc1ccccc1N1CCN(C(=O)C2CCN(S(=O)(=O)c3cc(F)ccc3F)CC2)CC1. The van der Waals surface area contributed by atoms with Crippen LogP contribution in [0.1, 0.15) is 12.8 Å². The first-order valence-corrected chi connectivity index (χ1v) is 12.4. The van der Waals surface area contributed by atoms with Crippen molar-refractivity contribution < 1.29 is 26.7 Å². The third-order valence-corrected chi connectivity index (χ3v) is 8.25. The quantitative estimate of drug-likeness (QED) is 0.660. The molecule has 2 fully saturated rings. The fourth-order valence-corrected chi connectivity index (χ4v) is 6.02. The van der Waals surface area contributed by atoms with E-state index in [2.05, 4.69) is 4.90 Å².